The Hall–Kier alpha value is -2.19. The molecule has 0 saturated carbocycles. The van der Waals surface area contributed by atoms with Crippen LogP contribution in [0.15, 0.2) is 34.0 Å². The third kappa shape index (κ3) is 3.49. The molecule has 3 rings (SSSR count). The average molecular weight is 347 g/mol. The fourth-order valence-electron chi connectivity index (χ4n) is 2.80. The van der Waals surface area contributed by atoms with E-state index in [9.17, 15) is 9.59 Å². The number of nitrogens with zero attached hydrogens (tertiary/aromatic N) is 4. The van der Waals surface area contributed by atoms with Crippen molar-refractivity contribution in [3.8, 4) is 0 Å². The zero-order chi connectivity index (χ0) is 17.1. The summed E-state index contributed by atoms with van der Waals surface area (Å²) in [5, 5.41) is 6.87. The van der Waals surface area contributed by atoms with Crippen LogP contribution in [0.4, 0.5) is 10.6 Å². The average Bonchev–Trinajstić information content (AvgIpc) is 3.13. The molecule has 7 nitrogen and oxygen atoms in total. The van der Waals surface area contributed by atoms with Gasteiger partial charge in [-0.15, -0.1) is 0 Å². The van der Waals surface area contributed by atoms with Crippen molar-refractivity contribution in [1.29, 1.82) is 0 Å². The maximum Gasteiger partial charge on any atom is 0.323 e. The molecule has 2 aromatic rings. The number of carbonyl (C=O) groups excluding carboxylic acids is 1. The first-order valence-corrected chi connectivity index (χ1v) is 8.84. The van der Waals surface area contributed by atoms with E-state index in [0.29, 0.717) is 19.1 Å². The predicted molar refractivity (Wildman–Crippen MR) is 94.4 cm³/mol. The molecule has 128 valence electrons. The first-order valence-electron chi connectivity index (χ1n) is 7.90. The van der Waals surface area contributed by atoms with Crippen molar-refractivity contribution in [1.82, 2.24) is 19.4 Å². The molecule has 2 amide bonds. The first-order chi connectivity index (χ1) is 11.6. The Balaban J connectivity index is 1.57. The Morgan fingerprint density at radius 2 is 2.08 bits per heavy atom. The zero-order valence-electron chi connectivity index (χ0n) is 13.8. The Morgan fingerprint density at radius 3 is 2.75 bits per heavy atom. The van der Waals surface area contributed by atoms with E-state index in [0.717, 1.165) is 13.1 Å². The molecule has 1 fully saturated rings. The summed E-state index contributed by atoms with van der Waals surface area (Å²) in [4.78, 5) is 32.3. The van der Waals surface area contributed by atoms with Crippen LogP contribution in [0, 0.1) is 0 Å². The number of piperazine rings is 1. The predicted octanol–water partition coefficient (Wildman–Crippen LogP) is 1.75. The maximum atomic E-state index is 12.3. The largest absolute Gasteiger partial charge is 0.323 e. The van der Waals surface area contributed by atoms with Gasteiger partial charge < -0.3 is 9.47 Å². The highest BCUT2D eigenvalue weighted by Gasteiger charge is 2.25. The molecule has 0 aliphatic carbocycles. The molecule has 24 heavy (non-hydrogen) atoms. The molecule has 1 aliphatic heterocycles. The topological polar surface area (TPSA) is 70.5 Å². The summed E-state index contributed by atoms with van der Waals surface area (Å²) in [6.45, 7) is 5.08. The molecule has 2 aromatic heterocycles. The van der Waals surface area contributed by atoms with Crippen LogP contribution < -0.4 is 10.9 Å². The van der Waals surface area contributed by atoms with Crippen molar-refractivity contribution in [3.63, 3.8) is 0 Å². The van der Waals surface area contributed by atoms with Gasteiger partial charge in [0.05, 0.1) is 0 Å². The van der Waals surface area contributed by atoms with Crippen LogP contribution in [-0.4, -0.2) is 51.6 Å². The fraction of sp³-hybridized carbons (Fsp3) is 0.438. The van der Waals surface area contributed by atoms with Gasteiger partial charge in [-0.2, -0.15) is 11.3 Å². The molecule has 0 bridgehead atoms. The Bertz CT molecular complexity index is 750. The number of hydrogen-bond donors (Lipinski definition) is 1. The number of amides is 2. The lowest BCUT2D eigenvalue weighted by Gasteiger charge is -2.37. The van der Waals surface area contributed by atoms with E-state index < -0.39 is 0 Å². The number of thiophene rings is 1. The van der Waals surface area contributed by atoms with Crippen LogP contribution in [-0.2, 0) is 7.05 Å². The second-order valence-electron chi connectivity index (χ2n) is 5.88. The van der Waals surface area contributed by atoms with E-state index in [1.54, 1.807) is 29.5 Å². The summed E-state index contributed by atoms with van der Waals surface area (Å²) < 4.78 is 1.39. The third-order valence-corrected chi connectivity index (χ3v) is 5.12. The van der Waals surface area contributed by atoms with Gasteiger partial charge in [-0.3, -0.25) is 15.0 Å². The highest BCUT2D eigenvalue weighted by Crippen LogP contribution is 2.23. The minimum Gasteiger partial charge on any atom is -0.322 e. The lowest BCUT2D eigenvalue weighted by Crippen LogP contribution is -2.50. The molecule has 3 heterocycles. The number of hydrogen-bond acceptors (Lipinski definition) is 5. The van der Waals surface area contributed by atoms with E-state index in [1.807, 2.05) is 0 Å². The van der Waals surface area contributed by atoms with Crippen molar-refractivity contribution in [2.75, 3.05) is 31.5 Å². The standard InChI is InChI=1S/C16H21N5O2S/c1-12(13-3-10-24-11-13)20-6-8-21(9-7-20)16(23)18-14-15(22)19(2)5-4-17-14/h3-5,10-12H,6-9H2,1-2H3,(H,17,18,23). The SMILES string of the molecule is CC(c1ccsc1)N1CCN(C(=O)Nc2nccn(C)c2=O)CC1. The van der Waals surface area contributed by atoms with Crippen LogP contribution in [0.2, 0.25) is 0 Å². The molecule has 0 spiro atoms. The van der Waals surface area contributed by atoms with E-state index in [2.05, 4.69) is 39.0 Å². The summed E-state index contributed by atoms with van der Waals surface area (Å²) in [6, 6.07) is 2.23. The number of urea groups is 1. The summed E-state index contributed by atoms with van der Waals surface area (Å²) in [5.41, 5.74) is 1.01. The highest BCUT2D eigenvalue weighted by atomic mass is 32.1. The third-order valence-electron chi connectivity index (χ3n) is 4.42. The van der Waals surface area contributed by atoms with Crippen LogP contribution in [0.3, 0.4) is 0 Å². The van der Waals surface area contributed by atoms with Crippen LogP contribution in [0.1, 0.15) is 18.5 Å². The van der Waals surface area contributed by atoms with Gasteiger partial charge in [0.15, 0.2) is 0 Å². The summed E-state index contributed by atoms with van der Waals surface area (Å²) in [5.74, 6) is 0.0686. The van der Waals surface area contributed by atoms with Gasteiger partial charge in [0.25, 0.3) is 5.56 Å². The van der Waals surface area contributed by atoms with Crippen LogP contribution in [0.25, 0.3) is 0 Å². The minimum absolute atomic E-state index is 0.0686. The second-order valence-corrected chi connectivity index (χ2v) is 6.66. The highest BCUT2D eigenvalue weighted by molar-refractivity contribution is 7.07. The molecule has 0 aromatic carbocycles. The van der Waals surface area contributed by atoms with E-state index >= 15 is 0 Å². The van der Waals surface area contributed by atoms with Gasteiger partial charge in [-0.1, -0.05) is 0 Å². The van der Waals surface area contributed by atoms with Gasteiger partial charge in [-0.05, 0) is 29.3 Å². The van der Waals surface area contributed by atoms with Gasteiger partial charge in [0.2, 0.25) is 5.82 Å². The quantitative estimate of drug-likeness (QED) is 0.918. The number of aromatic nitrogens is 2. The smallest absolute Gasteiger partial charge is 0.322 e. The van der Waals surface area contributed by atoms with Crippen molar-refractivity contribution in [3.05, 3.63) is 45.1 Å². The van der Waals surface area contributed by atoms with Gasteiger partial charge in [0.1, 0.15) is 0 Å². The van der Waals surface area contributed by atoms with Crippen molar-refractivity contribution in [2.24, 2.45) is 7.05 Å². The van der Waals surface area contributed by atoms with E-state index in [1.165, 1.54) is 16.3 Å². The van der Waals surface area contributed by atoms with Crippen LogP contribution >= 0.6 is 11.3 Å². The van der Waals surface area contributed by atoms with Gasteiger partial charge in [-0.25, -0.2) is 9.78 Å². The maximum absolute atomic E-state index is 12.3. The minimum atomic E-state index is -0.310. The number of nitrogens with one attached hydrogen (secondary N) is 1. The number of aryl methyl sites for hydroxylation is 1. The summed E-state index contributed by atoms with van der Waals surface area (Å²) in [7, 11) is 1.63. The fourth-order valence-corrected chi connectivity index (χ4v) is 3.55. The molecular formula is C16H21N5O2S. The Labute approximate surface area is 144 Å². The molecule has 1 saturated heterocycles. The monoisotopic (exact) mass is 347 g/mol. The Kier molecular flexibility index (Phi) is 4.96. The molecular weight excluding hydrogens is 326 g/mol. The van der Waals surface area contributed by atoms with Gasteiger partial charge >= 0.3 is 6.03 Å². The first kappa shape index (κ1) is 16.7. The number of rotatable bonds is 3. The number of anilines is 1. The molecule has 8 heteroatoms. The summed E-state index contributed by atoms with van der Waals surface area (Å²) >= 11 is 1.70. The lowest BCUT2D eigenvalue weighted by atomic mass is 10.1. The van der Waals surface area contributed by atoms with Gasteiger partial charge in [0, 0.05) is 51.7 Å². The van der Waals surface area contributed by atoms with E-state index in [4.69, 9.17) is 0 Å². The van der Waals surface area contributed by atoms with Crippen LogP contribution in [0.5, 0.6) is 0 Å². The summed E-state index contributed by atoms with van der Waals surface area (Å²) in [6.07, 6.45) is 3.06. The van der Waals surface area contributed by atoms with Crippen molar-refractivity contribution < 1.29 is 4.79 Å². The molecule has 1 aliphatic rings. The van der Waals surface area contributed by atoms with Crippen molar-refractivity contribution >= 4 is 23.2 Å². The molecule has 0 radical (unpaired) electrons. The lowest BCUT2D eigenvalue weighted by molar-refractivity contribution is 0.119. The van der Waals surface area contributed by atoms with E-state index in [-0.39, 0.29) is 17.4 Å². The Morgan fingerprint density at radius 1 is 1.33 bits per heavy atom. The normalized spacial score (nSPS) is 16.8. The number of carbonyl (C=O) groups is 1. The molecule has 1 atom stereocenters. The molecule has 1 N–H and O–H groups in total. The molecule has 1 unspecified atom stereocenters. The van der Waals surface area contributed by atoms with Crippen molar-refractivity contribution in [2.45, 2.75) is 13.0 Å². The second kappa shape index (κ2) is 7.14. The zero-order valence-corrected chi connectivity index (χ0v) is 14.6.